The van der Waals surface area contributed by atoms with Crippen LogP contribution in [0.15, 0.2) is 54.6 Å². The maximum absolute atomic E-state index is 13.8. The summed E-state index contributed by atoms with van der Waals surface area (Å²) in [4.78, 5) is 24.8. The van der Waals surface area contributed by atoms with Crippen molar-refractivity contribution in [3.8, 4) is 0 Å². The van der Waals surface area contributed by atoms with Crippen LogP contribution in [0.2, 0.25) is 0 Å². The molecule has 0 unspecified atom stereocenters. The van der Waals surface area contributed by atoms with Crippen LogP contribution in [0.25, 0.3) is 11.0 Å². The van der Waals surface area contributed by atoms with Gasteiger partial charge in [0.15, 0.2) is 5.65 Å². The Hall–Kier alpha value is -3.06. The molecular weight excluding hydrogens is 454 g/mol. The average Bonchev–Trinajstić information content (AvgIpc) is 3.00. The molecule has 7 heteroatoms. The van der Waals surface area contributed by atoms with Crippen molar-refractivity contribution in [1.29, 1.82) is 0 Å². The number of hydrogen-bond acceptors (Lipinski definition) is 4. The van der Waals surface area contributed by atoms with Crippen LogP contribution in [-0.4, -0.2) is 30.6 Å². The van der Waals surface area contributed by atoms with Crippen molar-refractivity contribution >= 4 is 33.9 Å². The monoisotopic (exact) mass is 479 g/mol. The number of halogens is 1. The van der Waals surface area contributed by atoms with Crippen LogP contribution in [0, 0.1) is 20.8 Å². The van der Waals surface area contributed by atoms with Gasteiger partial charge in [-0.05, 0) is 44.5 Å². The number of aryl methyl sites for hydroxylation is 4. The van der Waals surface area contributed by atoms with Gasteiger partial charge in [-0.25, -0.2) is 4.98 Å². The number of carbonyl (C=O) groups excluding carboxylic acids is 1. The minimum atomic E-state index is -0.0474. The van der Waals surface area contributed by atoms with Gasteiger partial charge in [0.05, 0.1) is 28.9 Å². The predicted octanol–water partition coefficient (Wildman–Crippen LogP) is 4.71. The van der Waals surface area contributed by atoms with Gasteiger partial charge in [-0.2, -0.15) is 5.10 Å². The molecule has 0 saturated carbocycles. The van der Waals surface area contributed by atoms with Crippen LogP contribution in [0.1, 0.15) is 38.7 Å². The first-order valence-electron chi connectivity index (χ1n) is 9.99. The second-order valence-electron chi connectivity index (χ2n) is 7.64. The van der Waals surface area contributed by atoms with E-state index in [9.17, 15) is 4.79 Å². The van der Waals surface area contributed by atoms with Gasteiger partial charge in [0.25, 0.3) is 5.91 Å². The van der Waals surface area contributed by atoms with Crippen molar-refractivity contribution in [2.75, 3.05) is 0 Å². The third-order valence-corrected chi connectivity index (χ3v) is 5.13. The Balaban J connectivity index is 0.00000272. The largest absolute Gasteiger partial charge is 0.328 e. The van der Waals surface area contributed by atoms with Crippen LogP contribution in [0.4, 0.5) is 0 Å². The maximum atomic E-state index is 13.8. The molecule has 0 radical (unpaired) electrons. The van der Waals surface area contributed by atoms with E-state index in [0.717, 1.165) is 39.4 Å². The van der Waals surface area contributed by atoms with Gasteiger partial charge >= 0.3 is 0 Å². The number of nitrogens with zero attached hydrogens (tertiary/aromatic N) is 5. The van der Waals surface area contributed by atoms with Crippen molar-refractivity contribution in [2.24, 2.45) is 7.05 Å². The maximum Gasteiger partial charge on any atom is 0.255 e. The summed E-state index contributed by atoms with van der Waals surface area (Å²) in [5.74, 6) is -0.0474. The Kier molecular flexibility index (Phi) is 6.85. The smallest absolute Gasteiger partial charge is 0.255 e. The lowest BCUT2D eigenvalue weighted by Gasteiger charge is -2.23. The number of amides is 1. The molecule has 4 rings (SSSR count). The summed E-state index contributed by atoms with van der Waals surface area (Å²) in [5, 5.41) is 5.29. The molecule has 0 N–H and O–H groups in total. The van der Waals surface area contributed by atoms with E-state index < -0.39 is 0 Å². The van der Waals surface area contributed by atoms with Crippen molar-refractivity contribution < 1.29 is 4.79 Å². The van der Waals surface area contributed by atoms with E-state index >= 15 is 0 Å². The van der Waals surface area contributed by atoms with Crippen molar-refractivity contribution in [2.45, 2.75) is 33.9 Å². The topological polar surface area (TPSA) is 63.9 Å². The highest BCUT2D eigenvalue weighted by molar-refractivity contribution is 8.93. The normalized spacial score (nSPS) is 10.7. The second kappa shape index (κ2) is 9.39. The average molecular weight is 480 g/mol. The summed E-state index contributed by atoms with van der Waals surface area (Å²) in [6.07, 6.45) is 0. The molecule has 3 heterocycles. The van der Waals surface area contributed by atoms with Crippen LogP contribution in [-0.2, 0) is 20.1 Å². The van der Waals surface area contributed by atoms with Gasteiger partial charge in [0.2, 0.25) is 0 Å². The molecule has 0 atom stereocenters. The summed E-state index contributed by atoms with van der Waals surface area (Å²) in [6, 6.07) is 17.8. The number of fused-ring (bicyclic) bond motifs is 1. The number of pyridine rings is 2. The molecule has 0 saturated heterocycles. The number of benzene rings is 1. The molecule has 6 nitrogen and oxygen atoms in total. The lowest BCUT2D eigenvalue weighted by atomic mass is 10.1. The summed E-state index contributed by atoms with van der Waals surface area (Å²) in [5.41, 5.74) is 5.83. The predicted molar refractivity (Wildman–Crippen MR) is 127 cm³/mol. The summed E-state index contributed by atoms with van der Waals surface area (Å²) < 4.78 is 1.73. The van der Waals surface area contributed by atoms with Gasteiger partial charge in [0, 0.05) is 25.0 Å². The zero-order chi connectivity index (χ0) is 21.3. The van der Waals surface area contributed by atoms with E-state index in [4.69, 9.17) is 0 Å². The first kappa shape index (κ1) is 22.6. The highest BCUT2D eigenvalue weighted by Gasteiger charge is 2.23. The third kappa shape index (κ3) is 4.82. The fraction of sp³-hybridized carbons (Fsp3) is 0.250. The molecule has 160 valence electrons. The van der Waals surface area contributed by atoms with Crippen LogP contribution < -0.4 is 0 Å². The number of hydrogen-bond donors (Lipinski definition) is 0. The van der Waals surface area contributed by atoms with E-state index in [1.165, 1.54) is 0 Å². The fourth-order valence-electron chi connectivity index (χ4n) is 3.80. The molecule has 0 aliphatic carbocycles. The Labute approximate surface area is 192 Å². The van der Waals surface area contributed by atoms with Gasteiger partial charge in [-0.15, -0.1) is 17.0 Å². The molecule has 3 aromatic heterocycles. The number of rotatable bonds is 5. The Bertz CT molecular complexity index is 1220. The minimum absolute atomic E-state index is 0. The second-order valence-corrected chi connectivity index (χ2v) is 7.64. The van der Waals surface area contributed by atoms with E-state index in [2.05, 4.69) is 15.1 Å². The first-order chi connectivity index (χ1) is 14.4. The van der Waals surface area contributed by atoms with Gasteiger partial charge in [-0.3, -0.25) is 14.5 Å². The molecule has 4 aromatic rings. The highest BCUT2D eigenvalue weighted by Crippen LogP contribution is 2.24. The molecule has 1 amide bonds. The SMILES string of the molecule is Br.Cc1cccc(CN(Cc2ccccc2)C(=O)c2cc(C)nc3c2c(C)nn3C)n1. The van der Waals surface area contributed by atoms with Gasteiger partial charge in [-0.1, -0.05) is 36.4 Å². The van der Waals surface area contributed by atoms with E-state index in [0.29, 0.717) is 18.7 Å². The Morgan fingerprint density at radius 1 is 0.935 bits per heavy atom. The molecule has 0 bridgehead atoms. The molecule has 0 aliphatic rings. The fourth-order valence-corrected chi connectivity index (χ4v) is 3.80. The van der Waals surface area contributed by atoms with Crippen LogP contribution in [0.5, 0.6) is 0 Å². The summed E-state index contributed by atoms with van der Waals surface area (Å²) in [7, 11) is 1.86. The van der Waals surface area contributed by atoms with Crippen molar-refractivity contribution in [1.82, 2.24) is 24.6 Å². The Morgan fingerprint density at radius 2 is 1.68 bits per heavy atom. The minimum Gasteiger partial charge on any atom is -0.328 e. The summed E-state index contributed by atoms with van der Waals surface area (Å²) in [6.45, 7) is 6.71. The molecule has 1 aromatic carbocycles. The lowest BCUT2D eigenvalue weighted by Crippen LogP contribution is -2.31. The standard InChI is InChI=1S/C24H25N5O.BrH/c1-16-9-8-12-20(25-16)15-29(14-19-10-6-5-7-11-19)24(30)21-13-17(2)26-23-22(21)18(3)27-28(23)4;/h5-13H,14-15H2,1-4H3;1H. The van der Waals surface area contributed by atoms with E-state index in [1.54, 1.807) is 4.68 Å². The van der Waals surface area contributed by atoms with E-state index in [1.807, 2.05) is 87.3 Å². The molecular formula is C24H26BrN5O. The molecule has 0 spiro atoms. The lowest BCUT2D eigenvalue weighted by molar-refractivity contribution is 0.0729. The molecule has 0 fully saturated rings. The zero-order valence-corrected chi connectivity index (χ0v) is 19.9. The zero-order valence-electron chi connectivity index (χ0n) is 18.2. The Morgan fingerprint density at radius 3 is 2.39 bits per heavy atom. The number of aromatic nitrogens is 4. The van der Waals surface area contributed by atoms with Gasteiger partial charge in [0.1, 0.15) is 0 Å². The van der Waals surface area contributed by atoms with Crippen molar-refractivity contribution in [3.63, 3.8) is 0 Å². The first-order valence-corrected chi connectivity index (χ1v) is 9.99. The number of carbonyl (C=O) groups is 1. The summed E-state index contributed by atoms with van der Waals surface area (Å²) >= 11 is 0. The van der Waals surface area contributed by atoms with E-state index in [-0.39, 0.29) is 22.9 Å². The van der Waals surface area contributed by atoms with Crippen molar-refractivity contribution in [3.05, 3.63) is 88.5 Å². The van der Waals surface area contributed by atoms with Gasteiger partial charge < -0.3 is 4.90 Å². The molecule has 0 aliphatic heterocycles. The van der Waals surface area contributed by atoms with Crippen LogP contribution >= 0.6 is 17.0 Å². The highest BCUT2D eigenvalue weighted by atomic mass is 79.9. The third-order valence-electron chi connectivity index (χ3n) is 5.13. The molecule has 31 heavy (non-hydrogen) atoms. The van der Waals surface area contributed by atoms with Crippen LogP contribution in [0.3, 0.4) is 0 Å². The quantitative estimate of drug-likeness (QED) is 0.415.